The van der Waals surface area contributed by atoms with Gasteiger partial charge in [0.2, 0.25) is 10.0 Å². The fraction of sp³-hybridized carbons (Fsp3) is 0.364. The van der Waals surface area contributed by atoms with E-state index in [9.17, 15) is 18.0 Å². The molecular weight excluding hydrogens is 404 g/mol. The van der Waals surface area contributed by atoms with Crippen LogP contribution in [0.3, 0.4) is 0 Å². The summed E-state index contributed by atoms with van der Waals surface area (Å²) in [5.74, 6) is -1.02. The summed E-state index contributed by atoms with van der Waals surface area (Å²) in [5, 5.41) is 0. The first-order valence-corrected chi connectivity index (χ1v) is 11.6. The minimum atomic E-state index is -3.65. The minimum absolute atomic E-state index is 0.0682. The Hall–Kier alpha value is -2.71. The smallest absolute Gasteiger partial charge is 0.338 e. The number of fused-ring (bicyclic) bond motifs is 1. The molecule has 0 aliphatic carbocycles. The molecule has 4 rings (SSSR count). The summed E-state index contributed by atoms with van der Waals surface area (Å²) < 4.78 is 32.3. The first-order valence-electron chi connectivity index (χ1n) is 10.1. The second-order valence-electron chi connectivity index (χ2n) is 7.49. The summed E-state index contributed by atoms with van der Waals surface area (Å²) in [6.07, 6.45) is 3.46. The molecule has 2 aromatic carbocycles. The van der Waals surface area contributed by atoms with Crippen LogP contribution in [0.15, 0.2) is 53.4 Å². The second kappa shape index (κ2) is 8.57. The number of carbonyl (C=O) groups is 2. The van der Waals surface area contributed by atoms with E-state index in [4.69, 9.17) is 4.74 Å². The fourth-order valence-electron chi connectivity index (χ4n) is 3.92. The zero-order valence-corrected chi connectivity index (χ0v) is 17.4. The maximum absolute atomic E-state index is 12.8. The topological polar surface area (TPSA) is 84.0 Å². The number of benzene rings is 2. The van der Waals surface area contributed by atoms with Crippen LogP contribution in [0.2, 0.25) is 0 Å². The van der Waals surface area contributed by atoms with E-state index in [0.29, 0.717) is 19.6 Å². The van der Waals surface area contributed by atoms with Crippen molar-refractivity contribution in [3.05, 3.63) is 59.7 Å². The van der Waals surface area contributed by atoms with Gasteiger partial charge in [0, 0.05) is 25.3 Å². The van der Waals surface area contributed by atoms with Crippen LogP contribution in [-0.2, 0) is 26.0 Å². The summed E-state index contributed by atoms with van der Waals surface area (Å²) in [4.78, 5) is 26.7. The lowest BCUT2D eigenvalue weighted by molar-refractivity contribution is -0.121. The molecule has 0 radical (unpaired) electrons. The van der Waals surface area contributed by atoms with E-state index < -0.39 is 22.6 Å². The van der Waals surface area contributed by atoms with E-state index in [2.05, 4.69) is 0 Å². The highest BCUT2D eigenvalue weighted by Crippen LogP contribution is 2.27. The molecule has 158 valence electrons. The number of sulfonamides is 1. The number of para-hydroxylation sites is 1. The molecule has 8 heteroatoms. The lowest BCUT2D eigenvalue weighted by Gasteiger charge is -2.26. The molecule has 0 spiro atoms. The Morgan fingerprint density at radius 1 is 0.933 bits per heavy atom. The highest BCUT2D eigenvalue weighted by molar-refractivity contribution is 7.89. The van der Waals surface area contributed by atoms with E-state index in [1.54, 1.807) is 4.90 Å². The van der Waals surface area contributed by atoms with Crippen molar-refractivity contribution >= 4 is 27.6 Å². The zero-order chi connectivity index (χ0) is 21.1. The van der Waals surface area contributed by atoms with Gasteiger partial charge in [0.15, 0.2) is 6.61 Å². The van der Waals surface area contributed by atoms with Crippen molar-refractivity contribution in [3.63, 3.8) is 0 Å². The molecular formula is C22H24N2O5S. The monoisotopic (exact) mass is 428 g/mol. The molecule has 2 aromatic rings. The Balaban J connectivity index is 1.42. The standard InChI is InChI=1S/C22H24N2O5S/c25-21(24-14-11-17-7-2-3-10-20(17)24)16-29-22(26)18-8-6-9-19(15-18)30(27,28)23-12-4-1-5-13-23/h2-3,6-10,15H,1,4-5,11-14,16H2. The van der Waals surface area contributed by atoms with E-state index in [1.807, 2.05) is 24.3 Å². The molecule has 0 atom stereocenters. The van der Waals surface area contributed by atoms with Crippen LogP contribution in [0.1, 0.15) is 35.2 Å². The fourth-order valence-corrected chi connectivity index (χ4v) is 5.49. The number of amides is 1. The van der Waals surface area contributed by atoms with E-state index >= 15 is 0 Å². The number of esters is 1. The van der Waals surface area contributed by atoms with Crippen molar-refractivity contribution in [2.75, 3.05) is 31.1 Å². The molecule has 2 aliphatic heterocycles. The number of hydrogen-bond donors (Lipinski definition) is 0. The number of piperidine rings is 1. The van der Waals surface area contributed by atoms with Crippen LogP contribution in [0.4, 0.5) is 5.69 Å². The Morgan fingerprint density at radius 2 is 1.70 bits per heavy atom. The van der Waals surface area contributed by atoms with Crippen molar-refractivity contribution in [1.82, 2.24) is 4.31 Å². The van der Waals surface area contributed by atoms with Crippen molar-refractivity contribution in [2.45, 2.75) is 30.6 Å². The number of carbonyl (C=O) groups excluding carboxylic acids is 2. The lowest BCUT2D eigenvalue weighted by Crippen LogP contribution is -2.35. The second-order valence-corrected chi connectivity index (χ2v) is 9.43. The summed E-state index contributed by atoms with van der Waals surface area (Å²) in [6.45, 7) is 1.14. The van der Waals surface area contributed by atoms with E-state index in [-0.39, 0.29) is 16.4 Å². The molecule has 2 heterocycles. The molecule has 1 saturated heterocycles. The Bertz CT molecular complexity index is 1060. The Kier molecular flexibility index (Phi) is 5.87. The average molecular weight is 429 g/mol. The predicted molar refractivity (Wildman–Crippen MR) is 112 cm³/mol. The molecule has 0 unspecified atom stereocenters. The largest absolute Gasteiger partial charge is 0.452 e. The number of hydrogen-bond acceptors (Lipinski definition) is 5. The molecule has 0 N–H and O–H groups in total. The van der Waals surface area contributed by atoms with Crippen LogP contribution in [0, 0.1) is 0 Å². The van der Waals surface area contributed by atoms with Gasteiger partial charge >= 0.3 is 5.97 Å². The van der Waals surface area contributed by atoms with Crippen LogP contribution >= 0.6 is 0 Å². The molecule has 30 heavy (non-hydrogen) atoms. The van der Waals surface area contributed by atoms with Gasteiger partial charge in [0.1, 0.15) is 0 Å². The first kappa shape index (κ1) is 20.6. The van der Waals surface area contributed by atoms with Gasteiger partial charge in [-0.15, -0.1) is 0 Å². The van der Waals surface area contributed by atoms with Gasteiger partial charge in [-0.05, 0) is 49.1 Å². The van der Waals surface area contributed by atoms with Crippen LogP contribution in [-0.4, -0.2) is 50.8 Å². The van der Waals surface area contributed by atoms with Crippen LogP contribution in [0.5, 0.6) is 0 Å². The van der Waals surface area contributed by atoms with Crippen molar-refractivity contribution < 1.29 is 22.7 Å². The Morgan fingerprint density at radius 3 is 2.50 bits per heavy atom. The molecule has 1 amide bonds. The summed E-state index contributed by atoms with van der Waals surface area (Å²) in [7, 11) is -3.65. The van der Waals surface area contributed by atoms with Crippen molar-refractivity contribution in [1.29, 1.82) is 0 Å². The van der Waals surface area contributed by atoms with Gasteiger partial charge in [0.05, 0.1) is 10.5 Å². The van der Waals surface area contributed by atoms with Gasteiger partial charge in [-0.25, -0.2) is 13.2 Å². The summed E-state index contributed by atoms with van der Waals surface area (Å²) >= 11 is 0. The van der Waals surface area contributed by atoms with Gasteiger partial charge < -0.3 is 9.64 Å². The third kappa shape index (κ3) is 4.11. The Labute approximate surface area is 176 Å². The van der Waals surface area contributed by atoms with Crippen molar-refractivity contribution in [2.24, 2.45) is 0 Å². The normalized spacial score (nSPS) is 16.9. The average Bonchev–Trinajstić information content (AvgIpc) is 3.22. The molecule has 7 nitrogen and oxygen atoms in total. The van der Waals surface area contributed by atoms with Gasteiger partial charge in [-0.1, -0.05) is 30.7 Å². The maximum Gasteiger partial charge on any atom is 0.338 e. The van der Waals surface area contributed by atoms with Crippen LogP contribution in [0.25, 0.3) is 0 Å². The minimum Gasteiger partial charge on any atom is -0.452 e. The van der Waals surface area contributed by atoms with Crippen molar-refractivity contribution in [3.8, 4) is 0 Å². The van der Waals surface area contributed by atoms with Crippen LogP contribution < -0.4 is 4.90 Å². The third-order valence-corrected chi connectivity index (χ3v) is 7.43. The number of anilines is 1. The summed E-state index contributed by atoms with van der Waals surface area (Å²) in [6, 6.07) is 13.5. The first-order chi connectivity index (χ1) is 14.5. The number of ether oxygens (including phenoxy) is 1. The quantitative estimate of drug-likeness (QED) is 0.684. The number of nitrogens with zero attached hydrogens (tertiary/aromatic N) is 2. The molecule has 1 fully saturated rings. The van der Waals surface area contributed by atoms with Gasteiger partial charge in [-0.3, -0.25) is 4.79 Å². The third-order valence-electron chi connectivity index (χ3n) is 5.54. The molecule has 2 aliphatic rings. The maximum atomic E-state index is 12.8. The highest BCUT2D eigenvalue weighted by atomic mass is 32.2. The highest BCUT2D eigenvalue weighted by Gasteiger charge is 2.28. The van der Waals surface area contributed by atoms with E-state index in [1.165, 1.54) is 28.6 Å². The van der Waals surface area contributed by atoms with Gasteiger partial charge in [0.25, 0.3) is 5.91 Å². The summed E-state index contributed by atoms with van der Waals surface area (Å²) in [5.41, 5.74) is 2.05. The van der Waals surface area contributed by atoms with E-state index in [0.717, 1.165) is 36.9 Å². The molecule has 0 aromatic heterocycles. The lowest BCUT2D eigenvalue weighted by atomic mass is 10.2. The molecule has 0 saturated carbocycles. The molecule has 0 bridgehead atoms. The predicted octanol–water partition coefficient (Wildman–Crippen LogP) is 2.61. The SMILES string of the molecule is O=C(OCC(=O)N1CCc2ccccc21)c1cccc(S(=O)(=O)N2CCCCC2)c1. The van der Waals surface area contributed by atoms with Gasteiger partial charge in [-0.2, -0.15) is 4.31 Å². The number of rotatable bonds is 5. The zero-order valence-electron chi connectivity index (χ0n) is 16.6.